The molecular formula is C12H25N3. The Bertz CT molecular complexity index is 201. The van der Waals surface area contributed by atoms with Crippen molar-refractivity contribution in [1.82, 2.24) is 9.80 Å². The van der Waals surface area contributed by atoms with E-state index in [9.17, 15) is 0 Å². The molecule has 1 saturated carbocycles. The maximum absolute atomic E-state index is 5.82. The molecule has 2 rings (SSSR count). The van der Waals surface area contributed by atoms with Gasteiger partial charge in [0, 0.05) is 25.2 Å². The molecule has 88 valence electrons. The van der Waals surface area contributed by atoms with Gasteiger partial charge in [0.15, 0.2) is 0 Å². The Hall–Kier alpha value is -0.120. The number of nitrogens with two attached hydrogens (primary N) is 1. The minimum Gasteiger partial charge on any atom is -0.328 e. The van der Waals surface area contributed by atoms with Crippen molar-refractivity contribution >= 4 is 0 Å². The number of likely N-dealkylation sites (N-methyl/N-ethyl adjacent to an activating group) is 2. The third kappa shape index (κ3) is 2.92. The van der Waals surface area contributed by atoms with Gasteiger partial charge in [-0.15, -0.1) is 0 Å². The van der Waals surface area contributed by atoms with E-state index in [0.29, 0.717) is 6.04 Å². The summed E-state index contributed by atoms with van der Waals surface area (Å²) in [5.74, 6) is 0.872. The summed E-state index contributed by atoms with van der Waals surface area (Å²) in [7, 11) is 4.52. The molecule has 2 fully saturated rings. The molecule has 1 atom stereocenters. The molecule has 0 bridgehead atoms. The molecule has 0 aromatic heterocycles. The first kappa shape index (κ1) is 11.4. The van der Waals surface area contributed by atoms with Gasteiger partial charge in [-0.3, -0.25) is 0 Å². The van der Waals surface area contributed by atoms with Crippen molar-refractivity contribution in [2.24, 2.45) is 11.7 Å². The Kier molecular flexibility index (Phi) is 3.65. The molecule has 15 heavy (non-hydrogen) atoms. The maximum atomic E-state index is 5.82. The lowest BCUT2D eigenvalue weighted by Gasteiger charge is -2.41. The van der Waals surface area contributed by atoms with Crippen LogP contribution in [0.4, 0.5) is 0 Å². The average molecular weight is 211 g/mol. The predicted molar refractivity (Wildman–Crippen MR) is 63.8 cm³/mol. The average Bonchev–Trinajstić information content (AvgIpc) is 2.15. The standard InChI is InChI=1S/C12H25N3/c1-14-5-3-4-12(9-14)15(2)8-10-6-11(13)7-10/h10-12H,3-9,13H2,1-2H3. The van der Waals surface area contributed by atoms with E-state index in [2.05, 4.69) is 23.9 Å². The second-order valence-corrected chi connectivity index (χ2v) is 5.60. The molecule has 0 radical (unpaired) electrons. The minimum atomic E-state index is 0.498. The number of rotatable bonds is 3. The number of likely N-dealkylation sites (tertiary alicyclic amines) is 1. The van der Waals surface area contributed by atoms with Crippen LogP contribution in [0.5, 0.6) is 0 Å². The summed E-state index contributed by atoms with van der Waals surface area (Å²) in [4.78, 5) is 5.02. The Balaban J connectivity index is 1.72. The second kappa shape index (κ2) is 4.81. The Morgan fingerprint density at radius 3 is 2.73 bits per heavy atom. The smallest absolute Gasteiger partial charge is 0.0220 e. The highest BCUT2D eigenvalue weighted by Gasteiger charge is 2.29. The van der Waals surface area contributed by atoms with E-state index < -0.39 is 0 Å². The predicted octanol–water partition coefficient (Wildman–Crippen LogP) is 0.750. The third-order valence-electron chi connectivity index (χ3n) is 4.04. The molecule has 1 aliphatic carbocycles. The summed E-state index contributed by atoms with van der Waals surface area (Å²) < 4.78 is 0. The fourth-order valence-corrected chi connectivity index (χ4v) is 2.99. The van der Waals surface area contributed by atoms with E-state index in [1.165, 1.54) is 45.3 Å². The summed E-state index contributed by atoms with van der Waals surface area (Å²) >= 11 is 0. The van der Waals surface area contributed by atoms with E-state index in [4.69, 9.17) is 5.73 Å². The second-order valence-electron chi connectivity index (χ2n) is 5.60. The number of nitrogens with zero attached hydrogens (tertiary/aromatic N) is 2. The van der Waals surface area contributed by atoms with Gasteiger partial charge in [-0.2, -0.15) is 0 Å². The molecule has 0 aromatic carbocycles. The summed E-state index contributed by atoms with van der Waals surface area (Å²) in [6.07, 6.45) is 5.22. The summed E-state index contributed by atoms with van der Waals surface area (Å²) in [5.41, 5.74) is 5.82. The topological polar surface area (TPSA) is 32.5 Å². The zero-order valence-electron chi connectivity index (χ0n) is 10.2. The number of hydrogen-bond donors (Lipinski definition) is 1. The third-order valence-corrected chi connectivity index (χ3v) is 4.04. The van der Waals surface area contributed by atoms with Gasteiger partial charge < -0.3 is 15.5 Å². The van der Waals surface area contributed by atoms with Gasteiger partial charge in [-0.25, -0.2) is 0 Å². The fourth-order valence-electron chi connectivity index (χ4n) is 2.99. The molecule has 1 saturated heterocycles. The minimum absolute atomic E-state index is 0.498. The van der Waals surface area contributed by atoms with Crippen LogP contribution in [0.15, 0.2) is 0 Å². The van der Waals surface area contributed by atoms with Gasteiger partial charge in [-0.05, 0) is 52.2 Å². The van der Waals surface area contributed by atoms with Crippen molar-refractivity contribution in [2.75, 3.05) is 33.7 Å². The van der Waals surface area contributed by atoms with Gasteiger partial charge in [-0.1, -0.05) is 0 Å². The van der Waals surface area contributed by atoms with Crippen molar-refractivity contribution in [2.45, 2.75) is 37.8 Å². The summed E-state index contributed by atoms with van der Waals surface area (Å²) in [5, 5.41) is 0. The van der Waals surface area contributed by atoms with E-state index in [1.54, 1.807) is 0 Å². The quantitative estimate of drug-likeness (QED) is 0.748. The van der Waals surface area contributed by atoms with Crippen LogP contribution in [0.25, 0.3) is 0 Å². The summed E-state index contributed by atoms with van der Waals surface area (Å²) in [6.45, 7) is 3.78. The Labute approximate surface area is 93.6 Å². The van der Waals surface area contributed by atoms with E-state index >= 15 is 0 Å². The first-order chi connectivity index (χ1) is 7.15. The van der Waals surface area contributed by atoms with E-state index in [-0.39, 0.29) is 0 Å². The summed E-state index contributed by atoms with van der Waals surface area (Å²) in [6, 6.07) is 1.28. The van der Waals surface area contributed by atoms with Crippen LogP contribution >= 0.6 is 0 Å². The molecule has 3 nitrogen and oxygen atoms in total. The molecule has 2 aliphatic rings. The number of piperidine rings is 1. The van der Waals surface area contributed by atoms with Crippen LogP contribution < -0.4 is 5.73 Å². The lowest BCUT2D eigenvalue weighted by molar-refractivity contribution is 0.0966. The molecule has 0 aromatic rings. The zero-order chi connectivity index (χ0) is 10.8. The molecule has 0 amide bonds. The highest BCUT2D eigenvalue weighted by molar-refractivity contribution is 4.86. The monoisotopic (exact) mass is 211 g/mol. The Morgan fingerprint density at radius 2 is 2.13 bits per heavy atom. The lowest BCUT2D eigenvalue weighted by atomic mass is 9.80. The highest BCUT2D eigenvalue weighted by atomic mass is 15.2. The lowest BCUT2D eigenvalue weighted by Crippen LogP contribution is -2.49. The van der Waals surface area contributed by atoms with Crippen molar-refractivity contribution in [3.05, 3.63) is 0 Å². The van der Waals surface area contributed by atoms with E-state index in [0.717, 1.165) is 12.0 Å². The van der Waals surface area contributed by atoms with Crippen LogP contribution in [0, 0.1) is 5.92 Å². The van der Waals surface area contributed by atoms with Gasteiger partial charge in [0.05, 0.1) is 0 Å². The van der Waals surface area contributed by atoms with E-state index in [1.807, 2.05) is 0 Å². The van der Waals surface area contributed by atoms with Gasteiger partial charge >= 0.3 is 0 Å². The SMILES string of the molecule is CN1CCCC(N(C)CC2CC(N)C2)C1. The highest BCUT2D eigenvalue weighted by Crippen LogP contribution is 2.27. The van der Waals surface area contributed by atoms with Gasteiger partial charge in [0.1, 0.15) is 0 Å². The first-order valence-corrected chi connectivity index (χ1v) is 6.29. The van der Waals surface area contributed by atoms with Crippen molar-refractivity contribution in [3.8, 4) is 0 Å². The van der Waals surface area contributed by atoms with Crippen LogP contribution in [0.1, 0.15) is 25.7 Å². The van der Waals surface area contributed by atoms with Crippen molar-refractivity contribution in [1.29, 1.82) is 0 Å². The zero-order valence-corrected chi connectivity index (χ0v) is 10.2. The fraction of sp³-hybridized carbons (Fsp3) is 1.00. The molecule has 1 aliphatic heterocycles. The molecule has 1 unspecified atom stereocenters. The van der Waals surface area contributed by atoms with Crippen LogP contribution in [0.2, 0.25) is 0 Å². The molecule has 1 heterocycles. The van der Waals surface area contributed by atoms with Gasteiger partial charge in [0.25, 0.3) is 0 Å². The Morgan fingerprint density at radius 1 is 1.40 bits per heavy atom. The van der Waals surface area contributed by atoms with Crippen LogP contribution in [0.3, 0.4) is 0 Å². The molecule has 0 spiro atoms. The molecule has 2 N–H and O–H groups in total. The van der Waals surface area contributed by atoms with Gasteiger partial charge in [0.2, 0.25) is 0 Å². The normalized spacial score (nSPS) is 38.0. The van der Waals surface area contributed by atoms with Crippen molar-refractivity contribution < 1.29 is 0 Å². The molecule has 3 heteroatoms. The maximum Gasteiger partial charge on any atom is 0.0220 e. The first-order valence-electron chi connectivity index (χ1n) is 6.29. The van der Waals surface area contributed by atoms with Crippen molar-refractivity contribution in [3.63, 3.8) is 0 Å². The molecular weight excluding hydrogens is 186 g/mol. The largest absolute Gasteiger partial charge is 0.328 e. The van der Waals surface area contributed by atoms with Crippen LogP contribution in [-0.2, 0) is 0 Å². The number of hydrogen-bond acceptors (Lipinski definition) is 3. The van der Waals surface area contributed by atoms with Crippen LogP contribution in [-0.4, -0.2) is 55.6 Å².